The van der Waals surface area contributed by atoms with Crippen molar-refractivity contribution in [2.24, 2.45) is 5.11 Å². The summed E-state index contributed by atoms with van der Waals surface area (Å²) in [6.45, 7) is 0. The number of aromatic nitrogens is 3. The first-order chi connectivity index (χ1) is 9.20. The van der Waals surface area contributed by atoms with Crippen molar-refractivity contribution in [2.45, 2.75) is 0 Å². The van der Waals surface area contributed by atoms with E-state index in [2.05, 4.69) is 25.0 Å². The molecule has 0 fully saturated rings. The molecule has 19 heavy (non-hydrogen) atoms. The number of azide groups is 1. The third-order valence-electron chi connectivity index (χ3n) is 2.69. The summed E-state index contributed by atoms with van der Waals surface area (Å²) >= 11 is 0. The van der Waals surface area contributed by atoms with E-state index < -0.39 is 5.91 Å². The zero-order valence-corrected chi connectivity index (χ0v) is 9.53. The average molecular weight is 253 g/mol. The van der Waals surface area contributed by atoms with Gasteiger partial charge in [-0.3, -0.25) is 4.79 Å². The van der Waals surface area contributed by atoms with E-state index in [0.717, 1.165) is 0 Å². The number of hydrogen-bond acceptors (Lipinski definition) is 4. The van der Waals surface area contributed by atoms with Crippen LogP contribution in [0.25, 0.3) is 32.6 Å². The van der Waals surface area contributed by atoms with Gasteiger partial charge in [-0.25, -0.2) is 9.97 Å². The van der Waals surface area contributed by atoms with Gasteiger partial charge in [0.1, 0.15) is 11.2 Å². The molecule has 1 amide bonds. The minimum atomic E-state index is -0.788. The first kappa shape index (κ1) is 11.0. The maximum atomic E-state index is 11.5. The van der Waals surface area contributed by atoms with Gasteiger partial charge in [0.15, 0.2) is 5.65 Å². The summed E-state index contributed by atoms with van der Waals surface area (Å²) in [4.78, 5) is 25.4. The Bertz CT molecular complexity index is 860. The second kappa shape index (κ2) is 3.97. The van der Waals surface area contributed by atoms with E-state index in [-0.39, 0.29) is 11.4 Å². The molecule has 8 heteroatoms. The van der Waals surface area contributed by atoms with E-state index in [9.17, 15) is 4.79 Å². The van der Waals surface area contributed by atoms with E-state index in [1.807, 2.05) is 12.1 Å². The molecule has 0 aliphatic carbocycles. The van der Waals surface area contributed by atoms with Crippen LogP contribution >= 0.6 is 0 Å². The SMILES string of the molecule is [N-]=[N+]=NC(=O)c1[nH]c2nc3ccccc3nc2c1N. The van der Waals surface area contributed by atoms with Gasteiger partial charge >= 0.3 is 0 Å². The number of nitrogens with zero attached hydrogens (tertiary/aromatic N) is 5. The number of fused-ring (bicyclic) bond motifs is 2. The predicted octanol–water partition coefficient (Wildman–Crippen LogP) is 2.14. The molecule has 0 radical (unpaired) electrons. The highest BCUT2D eigenvalue weighted by atomic mass is 16.1. The number of amides is 1. The van der Waals surface area contributed by atoms with E-state index in [1.165, 1.54) is 0 Å². The molecule has 8 nitrogen and oxygen atoms in total. The van der Waals surface area contributed by atoms with Crippen molar-refractivity contribution >= 4 is 33.8 Å². The molecule has 3 aromatic rings. The van der Waals surface area contributed by atoms with E-state index in [0.29, 0.717) is 22.2 Å². The molecule has 0 aliphatic heterocycles. The van der Waals surface area contributed by atoms with Crippen LogP contribution in [0.3, 0.4) is 0 Å². The maximum absolute atomic E-state index is 11.5. The number of hydrogen-bond donors (Lipinski definition) is 2. The van der Waals surface area contributed by atoms with Crippen molar-refractivity contribution in [1.82, 2.24) is 15.0 Å². The smallest absolute Gasteiger partial charge is 0.267 e. The molecule has 3 rings (SSSR count). The maximum Gasteiger partial charge on any atom is 0.267 e. The highest BCUT2D eigenvalue weighted by Gasteiger charge is 2.16. The number of nitrogens with one attached hydrogen (secondary N) is 1. The van der Waals surface area contributed by atoms with Crippen molar-refractivity contribution < 1.29 is 4.79 Å². The number of carbonyl (C=O) groups excluding carboxylic acids is 1. The normalized spacial score (nSPS) is 10.5. The number of nitrogens with two attached hydrogens (primary N) is 1. The van der Waals surface area contributed by atoms with E-state index >= 15 is 0 Å². The number of nitrogen functional groups attached to an aromatic ring is 1. The van der Waals surface area contributed by atoms with Gasteiger partial charge in [0, 0.05) is 4.91 Å². The van der Waals surface area contributed by atoms with Crippen LogP contribution in [0.2, 0.25) is 0 Å². The van der Waals surface area contributed by atoms with Crippen molar-refractivity contribution in [2.75, 3.05) is 5.73 Å². The molecule has 0 saturated carbocycles. The van der Waals surface area contributed by atoms with Gasteiger partial charge in [-0.2, -0.15) is 0 Å². The monoisotopic (exact) mass is 253 g/mol. The summed E-state index contributed by atoms with van der Waals surface area (Å²) in [5, 5.41) is 3.00. The third kappa shape index (κ3) is 1.63. The zero-order chi connectivity index (χ0) is 13.4. The number of rotatable bonds is 1. The Morgan fingerprint density at radius 2 is 2.00 bits per heavy atom. The Balaban J connectivity index is 2.34. The summed E-state index contributed by atoms with van der Waals surface area (Å²) in [6.07, 6.45) is 0. The van der Waals surface area contributed by atoms with Crippen LogP contribution in [-0.2, 0) is 0 Å². The molecule has 0 aliphatic rings. The lowest BCUT2D eigenvalue weighted by Crippen LogP contribution is -1.98. The Hall–Kier alpha value is -3.12. The lowest BCUT2D eigenvalue weighted by Gasteiger charge is -1.96. The molecular formula is C11H7N7O. The summed E-state index contributed by atoms with van der Waals surface area (Å²) in [5.41, 5.74) is 16.3. The zero-order valence-electron chi connectivity index (χ0n) is 9.53. The van der Waals surface area contributed by atoms with Gasteiger partial charge in [0.2, 0.25) is 0 Å². The fourth-order valence-corrected chi connectivity index (χ4v) is 1.84. The minimum Gasteiger partial charge on any atom is -0.395 e. The van der Waals surface area contributed by atoms with Gasteiger partial charge in [0.05, 0.1) is 16.7 Å². The van der Waals surface area contributed by atoms with Gasteiger partial charge in [-0.15, -0.1) is 0 Å². The molecule has 3 N–H and O–H groups in total. The largest absolute Gasteiger partial charge is 0.395 e. The quantitative estimate of drug-likeness (QED) is 0.390. The van der Waals surface area contributed by atoms with E-state index in [1.54, 1.807) is 12.1 Å². The highest BCUT2D eigenvalue weighted by molar-refractivity contribution is 6.06. The molecule has 0 unspecified atom stereocenters. The van der Waals surface area contributed by atoms with Gasteiger partial charge in [0.25, 0.3) is 5.91 Å². The lowest BCUT2D eigenvalue weighted by molar-refractivity contribution is 0.0997. The Kier molecular flexibility index (Phi) is 2.30. The molecule has 2 heterocycles. The van der Waals surface area contributed by atoms with Crippen LogP contribution in [0, 0.1) is 0 Å². The van der Waals surface area contributed by atoms with E-state index in [4.69, 9.17) is 11.3 Å². The summed E-state index contributed by atoms with van der Waals surface area (Å²) < 4.78 is 0. The minimum absolute atomic E-state index is 0.00288. The lowest BCUT2D eigenvalue weighted by atomic mass is 10.3. The summed E-state index contributed by atoms with van der Waals surface area (Å²) in [5.74, 6) is -0.788. The molecular weight excluding hydrogens is 246 g/mol. The van der Waals surface area contributed by atoms with Crippen molar-refractivity contribution in [3.63, 3.8) is 0 Å². The van der Waals surface area contributed by atoms with Crippen molar-refractivity contribution in [3.05, 3.63) is 40.4 Å². The Labute approximate surface area is 105 Å². The second-order valence-corrected chi connectivity index (χ2v) is 3.82. The molecule has 0 atom stereocenters. The van der Waals surface area contributed by atoms with Gasteiger partial charge < -0.3 is 10.7 Å². The Morgan fingerprint density at radius 3 is 2.68 bits per heavy atom. The van der Waals surface area contributed by atoms with Crippen LogP contribution in [0.5, 0.6) is 0 Å². The first-order valence-electron chi connectivity index (χ1n) is 5.34. The van der Waals surface area contributed by atoms with Gasteiger partial charge in [-0.05, 0) is 22.8 Å². The van der Waals surface area contributed by atoms with Crippen LogP contribution in [0.15, 0.2) is 29.4 Å². The topological polar surface area (TPSA) is 133 Å². The number of anilines is 1. The van der Waals surface area contributed by atoms with Crippen LogP contribution in [0.1, 0.15) is 10.5 Å². The number of carbonyl (C=O) groups is 1. The first-order valence-corrected chi connectivity index (χ1v) is 5.34. The van der Waals surface area contributed by atoms with Crippen LogP contribution in [-0.4, -0.2) is 20.9 Å². The molecule has 92 valence electrons. The summed E-state index contributed by atoms with van der Waals surface area (Å²) in [6, 6.07) is 7.26. The Morgan fingerprint density at radius 1 is 1.32 bits per heavy atom. The molecule has 0 bridgehead atoms. The van der Waals surface area contributed by atoms with Gasteiger partial charge in [-0.1, -0.05) is 12.1 Å². The fourth-order valence-electron chi connectivity index (χ4n) is 1.84. The standard InChI is InChI=1S/C11H7N7O/c12-7-8-10(16-9(7)11(19)17-18-13)15-6-4-2-1-3-5(6)14-8/h1-4H,12H2,(H,15,16). The molecule has 1 aromatic carbocycles. The average Bonchev–Trinajstić information content (AvgIpc) is 2.74. The number of benzene rings is 1. The second-order valence-electron chi connectivity index (χ2n) is 3.82. The van der Waals surface area contributed by atoms with Crippen LogP contribution in [0.4, 0.5) is 5.69 Å². The number of para-hydroxylation sites is 2. The molecule has 0 spiro atoms. The number of H-pyrrole nitrogens is 1. The van der Waals surface area contributed by atoms with Crippen molar-refractivity contribution in [3.8, 4) is 0 Å². The molecule has 0 saturated heterocycles. The highest BCUT2D eigenvalue weighted by Crippen LogP contribution is 2.24. The van der Waals surface area contributed by atoms with Crippen molar-refractivity contribution in [1.29, 1.82) is 0 Å². The third-order valence-corrected chi connectivity index (χ3v) is 2.69. The fraction of sp³-hybridized carbons (Fsp3) is 0. The summed E-state index contributed by atoms with van der Waals surface area (Å²) in [7, 11) is 0. The molecule has 2 aromatic heterocycles. The predicted molar refractivity (Wildman–Crippen MR) is 69.3 cm³/mol. The van der Waals surface area contributed by atoms with Crippen LogP contribution < -0.4 is 5.73 Å². The number of aromatic amines is 1.